The molecule has 3 rings (SSSR count). The third-order valence-electron chi connectivity index (χ3n) is 4.92. The molecule has 0 atom stereocenters. The van der Waals surface area contributed by atoms with Gasteiger partial charge in [0.05, 0.1) is 0 Å². The smallest absolute Gasteiger partial charge is 0.251 e. The van der Waals surface area contributed by atoms with Gasteiger partial charge in [0, 0.05) is 44.0 Å². The number of unbranched alkanes of at least 4 members (excludes halogenated alkanes) is 1. The van der Waals surface area contributed by atoms with E-state index in [1.807, 2.05) is 29.2 Å². The first kappa shape index (κ1) is 17.8. The van der Waals surface area contributed by atoms with E-state index in [9.17, 15) is 9.59 Å². The summed E-state index contributed by atoms with van der Waals surface area (Å²) in [6.07, 6.45) is 6.08. The summed E-state index contributed by atoms with van der Waals surface area (Å²) in [4.78, 5) is 26.0. The van der Waals surface area contributed by atoms with Gasteiger partial charge in [-0.1, -0.05) is 13.3 Å². The van der Waals surface area contributed by atoms with Crippen LogP contribution in [-0.2, 0) is 4.79 Å². The average Bonchev–Trinajstić information content (AvgIpc) is 3.48. The fourth-order valence-electron chi connectivity index (χ4n) is 3.14. The lowest BCUT2D eigenvalue weighted by Crippen LogP contribution is -2.42. The predicted molar refractivity (Wildman–Crippen MR) is 96.6 cm³/mol. The summed E-state index contributed by atoms with van der Waals surface area (Å²) in [5.74, 6) is 1.38. The van der Waals surface area contributed by atoms with Gasteiger partial charge in [-0.3, -0.25) is 9.59 Å². The topological polar surface area (TPSA) is 58.6 Å². The van der Waals surface area contributed by atoms with Crippen LogP contribution in [0.3, 0.4) is 0 Å². The van der Waals surface area contributed by atoms with E-state index >= 15 is 0 Å². The average molecular weight is 344 g/mol. The summed E-state index contributed by atoms with van der Waals surface area (Å²) in [5.41, 5.74) is 0.660. The first-order valence-corrected chi connectivity index (χ1v) is 9.51. The van der Waals surface area contributed by atoms with Crippen LogP contribution in [0, 0.1) is 5.92 Å². The van der Waals surface area contributed by atoms with Crippen molar-refractivity contribution < 1.29 is 14.3 Å². The minimum atomic E-state index is -0.0353. The lowest BCUT2D eigenvalue weighted by molar-refractivity contribution is -0.134. The summed E-state index contributed by atoms with van der Waals surface area (Å²) in [6, 6.07) is 7.33. The molecule has 0 aromatic heterocycles. The molecule has 25 heavy (non-hydrogen) atoms. The molecule has 1 aliphatic heterocycles. The van der Waals surface area contributed by atoms with Crippen molar-refractivity contribution in [3.63, 3.8) is 0 Å². The van der Waals surface area contributed by atoms with Crippen LogP contribution in [-0.4, -0.2) is 42.5 Å². The number of likely N-dealkylation sites (tertiary alicyclic amines) is 1. The second kappa shape index (κ2) is 8.37. The molecule has 2 fully saturated rings. The Hall–Kier alpha value is -2.04. The lowest BCUT2D eigenvalue weighted by Gasteiger charge is -2.32. The van der Waals surface area contributed by atoms with Crippen molar-refractivity contribution in [2.75, 3.05) is 19.6 Å². The standard InChI is InChI=1S/C20H28N2O3/c1-2-3-12-21-19(23)15-6-8-17(9-7-15)25-18-10-13-22(14-11-18)20(24)16-4-5-16/h6-9,16,18H,2-5,10-14H2,1H3,(H,21,23). The molecule has 1 N–H and O–H groups in total. The summed E-state index contributed by atoms with van der Waals surface area (Å²) >= 11 is 0. The van der Waals surface area contributed by atoms with Gasteiger partial charge in [-0.15, -0.1) is 0 Å². The van der Waals surface area contributed by atoms with Gasteiger partial charge >= 0.3 is 0 Å². The van der Waals surface area contributed by atoms with Crippen LogP contribution in [0.4, 0.5) is 0 Å². The zero-order valence-corrected chi connectivity index (χ0v) is 15.0. The van der Waals surface area contributed by atoms with Crippen LogP contribution in [0.15, 0.2) is 24.3 Å². The Morgan fingerprint density at radius 1 is 1.12 bits per heavy atom. The number of carbonyl (C=O) groups excluding carboxylic acids is 2. The third-order valence-corrected chi connectivity index (χ3v) is 4.92. The summed E-state index contributed by atoms with van der Waals surface area (Å²) < 4.78 is 6.02. The number of amides is 2. The molecule has 5 heteroatoms. The van der Waals surface area contributed by atoms with Gasteiger partial charge in [0.1, 0.15) is 11.9 Å². The number of benzene rings is 1. The molecule has 2 amide bonds. The number of hydrogen-bond acceptors (Lipinski definition) is 3. The van der Waals surface area contributed by atoms with Crippen molar-refractivity contribution in [1.82, 2.24) is 10.2 Å². The molecule has 1 aromatic carbocycles. The maximum absolute atomic E-state index is 12.1. The fourth-order valence-corrected chi connectivity index (χ4v) is 3.14. The number of piperidine rings is 1. The lowest BCUT2D eigenvalue weighted by atomic mass is 10.1. The summed E-state index contributed by atoms with van der Waals surface area (Å²) in [6.45, 7) is 4.40. The van der Waals surface area contributed by atoms with Gasteiger partial charge in [-0.2, -0.15) is 0 Å². The minimum Gasteiger partial charge on any atom is -0.490 e. The molecule has 2 aliphatic rings. The van der Waals surface area contributed by atoms with Crippen molar-refractivity contribution in [3.8, 4) is 5.75 Å². The van der Waals surface area contributed by atoms with Gasteiger partial charge in [0.2, 0.25) is 5.91 Å². The first-order chi connectivity index (χ1) is 12.2. The minimum absolute atomic E-state index is 0.0353. The van der Waals surface area contributed by atoms with Gasteiger partial charge < -0.3 is 15.0 Å². The molecular weight excluding hydrogens is 316 g/mol. The molecule has 1 saturated heterocycles. The maximum Gasteiger partial charge on any atom is 0.251 e. The van der Waals surface area contributed by atoms with Crippen LogP contribution in [0.25, 0.3) is 0 Å². The predicted octanol–water partition coefficient (Wildman–Crippen LogP) is 3.00. The normalized spacial score (nSPS) is 18.0. The van der Waals surface area contributed by atoms with E-state index < -0.39 is 0 Å². The van der Waals surface area contributed by atoms with E-state index in [1.165, 1.54) is 0 Å². The first-order valence-electron chi connectivity index (χ1n) is 9.51. The molecule has 136 valence electrons. The highest BCUT2D eigenvalue weighted by Crippen LogP contribution is 2.32. The Morgan fingerprint density at radius 3 is 2.40 bits per heavy atom. The number of nitrogens with zero attached hydrogens (tertiary/aromatic N) is 1. The van der Waals surface area contributed by atoms with E-state index in [0.717, 1.165) is 57.4 Å². The Labute approximate surface area is 149 Å². The van der Waals surface area contributed by atoms with E-state index in [4.69, 9.17) is 4.74 Å². The fraction of sp³-hybridized carbons (Fsp3) is 0.600. The second-order valence-corrected chi connectivity index (χ2v) is 7.05. The quantitative estimate of drug-likeness (QED) is 0.774. The van der Waals surface area contributed by atoms with Crippen molar-refractivity contribution in [1.29, 1.82) is 0 Å². The maximum atomic E-state index is 12.1. The molecule has 1 aromatic rings. The van der Waals surface area contributed by atoms with Crippen molar-refractivity contribution in [3.05, 3.63) is 29.8 Å². The number of nitrogens with one attached hydrogen (secondary N) is 1. The third kappa shape index (κ3) is 4.97. The van der Waals surface area contributed by atoms with Crippen LogP contribution >= 0.6 is 0 Å². The van der Waals surface area contributed by atoms with E-state index in [1.54, 1.807) is 0 Å². The number of ether oxygens (including phenoxy) is 1. The molecule has 1 saturated carbocycles. The zero-order valence-electron chi connectivity index (χ0n) is 15.0. The Balaban J connectivity index is 1.44. The Bertz CT molecular complexity index is 587. The molecular formula is C20H28N2O3. The van der Waals surface area contributed by atoms with E-state index in [-0.39, 0.29) is 12.0 Å². The van der Waals surface area contributed by atoms with Crippen LogP contribution in [0.1, 0.15) is 55.8 Å². The van der Waals surface area contributed by atoms with Crippen LogP contribution in [0.2, 0.25) is 0 Å². The zero-order chi connectivity index (χ0) is 17.6. The molecule has 0 spiro atoms. The van der Waals surface area contributed by atoms with Crippen molar-refractivity contribution in [2.24, 2.45) is 5.92 Å². The Morgan fingerprint density at radius 2 is 1.80 bits per heavy atom. The monoisotopic (exact) mass is 344 g/mol. The number of rotatable bonds is 7. The second-order valence-electron chi connectivity index (χ2n) is 7.05. The highest BCUT2D eigenvalue weighted by atomic mass is 16.5. The van der Waals surface area contributed by atoms with Gasteiger partial charge in [-0.05, 0) is 43.5 Å². The van der Waals surface area contributed by atoms with Gasteiger partial charge in [0.25, 0.3) is 5.91 Å². The van der Waals surface area contributed by atoms with Gasteiger partial charge in [0.15, 0.2) is 0 Å². The molecule has 5 nitrogen and oxygen atoms in total. The highest BCUT2D eigenvalue weighted by Gasteiger charge is 2.35. The van der Waals surface area contributed by atoms with Crippen LogP contribution < -0.4 is 10.1 Å². The largest absolute Gasteiger partial charge is 0.490 e. The SMILES string of the molecule is CCCCNC(=O)c1ccc(OC2CCN(C(=O)C3CC3)CC2)cc1. The molecule has 0 unspecified atom stereocenters. The van der Waals surface area contributed by atoms with E-state index in [2.05, 4.69) is 12.2 Å². The molecule has 0 radical (unpaired) electrons. The van der Waals surface area contributed by atoms with Crippen molar-refractivity contribution >= 4 is 11.8 Å². The summed E-state index contributed by atoms with van der Waals surface area (Å²) in [5, 5.41) is 2.91. The molecule has 1 heterocycles. The van der Waals surface area contributed by atoms with E-state index in [0.29, 0.717) is 23.9 Å². The van der Waals surface area contributed by atoms with Crippen LogP contribution in [0.5, 0.6) is 5.75 Å². The summed E-state index contributed by atoms with van der Waals surface area (Å²) in [7, 11) is 0. The Kier molecular flexibility index (Phi) is 5.95. The molecule has 0 bridgehead atoms. The number of hydrogen-bond donors (Lipinski definition) is 1. The number of carbonyl (C=O) groups is 2. The van der Waals surface area contributed by atoms with Gasteiger partial charge in [-0.25, -0.2) is 0 Å². The van der Waals surface area contributed by atoms with Crippen molar-refractivity contribution in [2.45, 2.75) is 51.6 Å². The highest BCUT2D eigenvalue weighted by molar-refractivity contribution is 5.94. The molecule has 1 aliphatic carbocycles.